The van der Waals surface area contributed by atoms with Gasteiger partial charge in [0.1, 0.15) is 0 Å². The maximum atomic E-state index is 5.99. The molecule has 2 aromatic rings. The Bertz CT molecular complexity index is 639. The molecule has 20 heavy (non-hydrogen) atoms. The number of para-hydroxylation sites is 1. The Labute approximate surface area is 119 Å². The molecule has 4 heteroatoms. The molecule has 106 valence electrons. The summed E-state index contributed by atoms with van der Waals surface area (Å²) in [6, 6.07) is 8.32. The first-order valence-electron chi connectivity index (χ1n) is 6.96. The molecule has 0 saturated heterocycles. The van der Waals surface area contributed by atoms with E-state index in [0.29, 0.717) is 17.8 Å². The number of nitrogens with two attached hydrogens (primary N) is 1. The van der Waals surface area contributed by atoms with E-state index in [4.69, 9.17) is 10.5 Å². The maximum Gasteiger partial charge on any atom is 0.0951 e. The predicted octanol–water partition coefficient (Wildman–Crippen LogP) is 3.04. The molecule has 1 aromatic carbocycles. The monoisotopic (exact) mass is 271 g/mol. The van der Waals surface area contributed by atoms with Gasteiger partial charge in [0.05, 0.1) is 17.3 Å². The standard InChI is InChI=1S/C16H21N3O/c1-16(2)13(9-14(16)20-3)19-12-7-8-18-15-10(12)5-4-6-11(15)17/h4-8,13-14H,9,17H2,1-3H3,(H,18,19). The smallest absolute Gasteiger partial charge is 0.0951 e. The average Bonchev–Trinajstić information content (AvgIpc) is 2.43. The minimum Gasteiger partial charge on any atom is -0.397 e. The molecule has 1 aliphatic carbocycles. The van der Waals surface area contributed by atoms with Crippen LogP contribution < -0.4 is 11.1 Å². The van der Waals surface area contributed by atoms with Gasteiger partial charge in [0.15, 0.2) is 0 Å². The highest BCUT2D eigenvalue weighted by molar-refractivity contribution is 5.97. The highest BCUT2D eigenvalue weighted by Crippen LogP contribution is 2.44. The van der Waals surface area contributed by atoms with Crippen molar-refractivity contribution in [2.45, 2.75) is 32.4 Å². The number of aromatic nitrogens is 1. The van der Waals surface area contributed by atoms with E-state index in [1.54, 1.807) is 13.3 Å². The molecule has 0 spiro atoms. The minimum atomic E-state index is 0.130. The molecule has 0 aliphatic heterocycles. The zero-order chi connectivity index (χ0) is 14.3. The van der Waals surface area contributed by atoms with Gasteiger partial charge in [0, 0.05) is 35.8 Å². The number of methoxy groups -OCH3 is 1. The van der Waals surface area contributed by atoms with Gasteiger partial charge in [-0.05, 0) is 18.6 Å². The van der Waals surface area contributed by atoms with Crippen LogP contribution >= 0.6 is 0 Å². The molecule has 2 atom stereocenters. The van der Waals surface area contributed by atoms with Crippen LogP contribution in [0.25, 0.3) is 10.9 Å². The average molecular weight is 271 g/mol. The Morgan fingerprint density at radius 2 is 2.15 bits per heavy atom. The lowest BCUT2D eigenvalue weighted by atomic mass is 9.64. The van der Waals surface area contributed by atoms with Crippen LogP contribution in [-0.2, 0) is 4.74 Å². The molecule has 3 rings (SSSR count). The largest absolute Gasteiger partial charge is 0.397 e. The lowest BCUT2D eigenvalue weighted by Gasteiger charge is -2.51. The Morgan fingerprint density at radius 1 is 1.35 bits per heavy atom. The van der Waals surface area contributed by atoms with Crippen molar-refractivity contribution in [1.82, 2.24) is 4.98 Å². The van der Waals surface area contributed by atoms with E-state index in [0.717, 1.165) is 23.0 Å². The number of anilines is 2. The number of ether oxygens (including phenoxy) is 1. The molecule has 1 fully saturated rings. The van der Waals surface area contributed by atoms with Crippen LogP contribution in [0, 0.1) is 5.41 Å². The van der Waals surface area contributed by atoms with Crippen LogP contribution in [0.2, 0.25) is 0 Å². The number of hydrogen-bond donors (Lipinski definition) is 2. The summed E-state index contributed by atoms with van der Waals surface area (Å²) in [5.41, 5.74) is 8.79. The van der Waals surface area contributed by atoms with Crippen molar-refractivity contribution in [3.63, 3.8) is 0 Å². The summed E-state index contributed by atoms with van der Waals surface area (Å²) in [5.74, 6) is 0. The quantitative estimate of drug-likeness (QED) is 0.842. The third-order valence-corrected chi connectivity index (χ3v) is 4.59. The number of pyridine rings is 1. The molecule has 0 bridgehead atoms. The fourth-order valence-corrected chi connectivity index (χ4v) is 3.04. The Balaban J connectivity index is 1.91. The van der Waals surface area contributed by atoms with Crippen molar-refractivity contribution in [3.8, 4) is 0 Å². The molecule has 3 N–H and O–H groups in total. The first-order chi connectivity index (χ1) is 9.54. The van der Waals surface area contributed by atoms with Crippen LogP contribution in [0.5, 0.6) is 0 Å². The second kappa shape index (κ2) is 4.63. The second-order valence-corrected chi connectivity index (χ2v) is 6.08. The van der Waals surface area contributed by atoms with Crippen molar-refractivity contribution in [2.24, 2.45) is 5.41 Å². The number of nitrogen functional groups attached to an aromatic ring is 1. The van der Waals surface area contributed by atoms with Crippen LogP contribution in [0.4, 0.5) is 11.4 Å². The fourth-order valence-electron chi connectivity index (χ4n) is 3.04. The SMILES string of the molecule is COC1CC(Nc2ccnc3c(N)cccc23)C1(C)C. The van der Waals surface area contributed by atoms with Gasteiger partial charge in [0.2, 0.25) is 0 Å². The number of fused-ring (bicyclic) bond motifs is 1. The third-order valence-electron chi connectivity index (χ3n) is 4.59. The van der Waals surface area contributed by atoms with Gasteiger partial charge < -0.3 is 15.8 Å². The van der Waals surface area contributed by atoms with Crippen molar-refractivity contribution >= 4 is 22.3 Å². The molecule has 1 heterocycles. The zero-order valence-electron chi connectivity index (χ0n) is 12.2. The van der Waals surface area contributed by atoms with E-state index in [1.807, 2.05) is 18.2 Å². The van der Waals surface area contributed by atoms with E-state index in [1.165, 1.54) is 0 Å². The van der Waals surface area contributed by atoms with Crippen molar-refractivity contribution < 1.29 is 4.74 Å². The van der Waals surface area contributed by atoms with Crippen LogP contribution in [-0.4, -0.2) is 24.2 Å². The summed E-state index contributed by atoms with van der Waals surface area (Å²) in [5, 5.41) is 4.70. The van der Waals surface area contributed by atoms with Crippen LogP contribution in [0.15, 0.2) is 30.5 Å². The molecule has 0 amide bonds. The van der Waals surface area contributed by atoms with Gasteiger partial charge in [-0.15, -0.1) is 0 Å². The highest BCUT2D eigenvalue weighted by Gasteiger charge is 2.48. The van der Waals surface area contributed by atoms with Gasteiger partial charge in [-0.2, -0.15) is 0 Å². The number of rotatable bonds is 3. The lowest BCUT2D eigenvalue weighted by molar-refractivity contribution is -0.0794. The Kier molecular flexibility index (Phi) is 3.05. The fraction of sp³-hybridized carbons (Fsp3) is 0.438. The number of benzene rings is 1. The first-order valence-corrected chi connectivity index (χ1v) is 6.96. The minimum absolute atomic E-state index is 0.130. The topological polar surface area (TPSA) is 60.2 Å². The van der Waals surface area contributed by atoms with E-state index in [-0.39, 0.29) is 5.41 Å². The number of nitrogens with one attached hydrogen (secondary N) is 1. The van der Waals surface area contributed by atoms with E-state index < -0.39 is 0 Å². The molecule has 1 saturated carbocycles. The van der Waals surface area contributed by atoms with Gasteiger partial charge in [-0.3, -0.25) is 4.98 Å². The first kappa shape index (κ1) is 13.2. The van der Waals surface area contributed by atoms with E-state index in [9.17, 15) is 0 Å². The normalized spacial score (nSPS) is 24.4. The van der Waals surface area contributed by atoms with Crippen LogP contribution in [0.3, 0.4) is 0 Å². The summed E-state index contributed by atoms with van der Waals surface area (Å²) in [6.07, 6.45) is 3.15. The van der Waals surface area contributed by atoms with E-state index in [2.05, 4.69) is 30.2 Å². The molecular weight excluding hydrogens is 250 g/mol. The summed E-state index contributed by atoms with van der Waals surface area (Å²) in [4.78, 5) is 4.37. The van der Waals surface area contributed by atoms with Crippen molar-refractivity contribution in [2.75, 3.05) is 18.2 Å². The molecule has 1 aliphatic rings. The van der Waals surface area contributed by atoms with Crippen LogP contribution in [0.1, 0.15) is 20.3 Å². The second-order valence-electron chi connectivity index (χ2n) is 6.08. The Hall–Kier alpha value is -1.81. The zero-order valence-corrected chi connectivity index (χ0v) is 12.2. The van der Waals surface area contributed by atoms with Gasteiger partial charge in [-0.1, -0.05) is 26.0 Å². The number of hydrogen-bond acceptors (Lipinski definition) is 4. The highest BCUT2D eigenvalue weighted by atomic mass is 16.5. The van der Waals surface area contributed by atoms with Gasteiger partial charge in [-0.25, -0.2) is 0 Å². The maximum absolute atomic E-state index is 5.99. The van der Waals surface area contributed by atoms with Crippen molar-refractivity contribution in [1.29, 1.82) is 0 Å². The lowest BCUT2D eigenvalue weighted by Crippen LogP contribution is -2.57. The predicted molar refractivity (Wildman–Crippen MR) is 82.8 cm³/mol. The summed E-state index contributed by atoms with van der Waals surface area (Å²) < 4.78 is 5.50. The molecule has 4 nitrogen and oxygen atoms in total. The van der Waals surface area contributed by atoms with Crippen molar-refractivity contribution in [3.05, 3.63) is 30.5 Å². The van der Waals surface area contributed by atoms with Gasteiger partial charge >= 0.3 is 0 Å². The van der Waals surface area contributed by atoms with E-state index >= 15 is 0 Å². The van der Waals surface area contributed by atoms with Gasteiger partial charge in [0.25, 0.3) is 0 Å². The molecule has 1 aromatic heterocycles. The summed E-state index contributed by atoms with van der Waals surface area (Å²) in [7, 11) is 1.78. The third kappa shape index (κ3) is 1.91. The Morgan fingerprint density at radius 3 is 2.85 bits per heavy atom. The summed E-state index contributed by atoms with van der Waals surface area (Å²) >= 11 is 0. The number of nitrogens with zero attached hydrogens (tertiary/aromatic N) is 1. The molecule has 2 unspecified atom stereocenters. The molecule has 0 radical (unpaired) electrons. The molecular formula is C16H21N3O. The summed E-state index contributed by atoms with van der Waals surface area (Å²) in [6.45, 7) is 4.47.